The maximum Gasteiger partial charge on any atom is 0.410 e. The maximum atomic E-state index is 13.2. The molecule has 5 nitrogen and oxygen atoms in total. The van der Waals surface area contributed by atoms with Gasteiger partial charge in [-0.05, 0) is 63.1 Å². The third kappa shape index (κ3) is 5.15. The van der Waals surface area contributed by atoms with Gasteiger partial charge in [-0.25, -0.2) is 4.79 Å². The molecule has 1 heterocycles. The molecule has 6 rings (SSSR count). The summed E-state index contributed by atoms with van der Waals surface area (Å²) in [5, 5.41) is 0. The normalized spacial score (nSPS) is 17.3. The van der Waals surface area contributed by atoms with Gasteiger partial charge in [0.2, 0.25) is 0 Å². The van der Waals surface area contributed by atoms with Gasteiger partial charge >= 0.3 is 6.09 Å². The first-order chi connectivity index (χ1) is 19.6. The van der Waals surface area contributed by atoms with Crippen LogP contribution in [0.25, 0.3) is 28.3 Å². The number of rotatable bonds is 6. The van der Waals surface area contributed by atoms with E-state index in [2.05, 4.69) is 54.6 Å². The molecular formula is C35H31NO4. The topological polar surface area (TPSA) is 55.8 Å². The van der Waals surface area contributed by atoms with Crippen LogP contribution >= 0.6 is 0 Å². The van der Waals surface area contributed by atoms with Crippen LogP contribution in [0.5, 0.6) is 5.75 Å². The van der Waals surface area contributed by atoms with Crippen LogP contribution in [0, 0.1) is 5.92 Å². The van der Waals surface area contributed by atoms with Crippen molar-refractivity contribution in [3.05, 3.63) is 119 Å². The lowest BCUT2D eigenvalue weighted by molar-refractivity contribution is -0.111. The average molecular weight is 530 g/mol. The van der Waals surface area contributed by atoms with Crippen molar-refractivity contribution >= 4 is 18.5 Å². The van der Waals surface area contributed by atoms with Crippen molar-refractivity contribution in [2.45, 2.75) is 12.3 Å². The number of piperidine rings is 1. The Morgan fingerprint density at radius 3 is 2.05 bits per heavy atom. The van der Waals surface area contributed by atoms with E-state index in [1.165, 1.54) is 22.3 Å². The zero-order valence-corrected chi connectivity index (χ0v) is 22.5. The standard InChI is InChI=1S/C35H31NO4/c1-39-29-16-14-28(15-17-29)27-12-10-24(11-13-27)18-25-19-26(22-37)21-36(20-25)35(38)40-23-34-32-8-4-2-6-30(32)31-7-3-5-9-33(31)34/h2-18,22,26,34H,19-21,23H2,1H3. The summed E-state index contributed by atoms with van der Waals surface area (Å²) >= 11 is 0. The molecule has 40 heavy (non-hydrogen) atoms. The number of methoxy groups -OCH3 is 1. The molecule has 0 radical (unpaired) electrons. The van der Waals surface area contributed by atoms with Crippen LogP contribution in [0.3, 0.4) is 0 Å². The summed E-state index contributed by atoms with van der Waals surface area (Å²) in [4.78, 5) is 26.7. The minimum Gasteiger partial charge on any atom is -0.497 e. The molecule has 0 aromatic heterocycles. The van der Waals surface area contributed by atoms with Crippen molar-refractivity contribution < 1.29 is 19.1 Å². The van der Waals surface area contributed by atoms with Crippen molar-refractivity contribution in [2.75, 3.05) is 26.8 Å². The molecule has 4 aromatic carbocycles. The molecule has 1 atom stereocenters. The van der Waals surface area contributed by atoms with Gasteiger partial charge in [-0.2, -0.15) is 0 Å². The molecule has 1 amide bonds. The number of hydrogen-bond donors (Lipinski definition) is 0. The fourth-order valence-electron chi connectivity index (χ4n) is 5.87. The number of hydrogen-bond acceptors (Lipinski definition) is 4. The predicted molar refractivity (Wildman–Crippen MR) is 157 cm³/mol. The van der Waals surface area contributed by atoms with Gasteiger partial charge in [0, 0.05) is 24.9 Å². The Hall–Kier alpha value is -4.64. The van der Waals surface area contributed by atoms with E-state index in [1.807, 2.05) is 48.5 Å². The van der Waals surface area contributed by atoms with Crippen molar-refractivity contribution in [2.24, 2.45) is 5.92 Å². The van der Waals surface area contributed by atoms with Crippen molar-refractivity contribution in [3.63, 3.8) is 0 Å². The van der Waals surface area contributed by atoms with Crippen molar-refractivity contribution in [1.29, 1.82) is 0 Å². The van der Waals surface area contributed by atoms with Crippen LogP contribution in [-0.4, -0.2) is 44.1 Å². The van der Waals surface area contributed by atoms with Crippen LogP contribution in [0.4, 0.5) is 4.79 Å². The molecule has 200 valence electrons. The van der Waals surface area contributed by atoms with Crippen LogP contribution in [-0.2, 0) is 9.53 Å². The fraction of sp³-hybridized carbons (Fsp3) is 0.200. The highest BCUT2D eigenvalue weighted by Gasteiger charge is 2.31. The minimum atomic E-state index is -0.380. The Morgan fingerprint density at radius 1 is 0.850 bits per heavy atom. The fourth-order valence-corrected chi connectivity index (χ4v) is 5.87. The van der Waals surface area contributed by atoms with E-state index in [0.29, 0.717) is 19.5 Å². The molecule has 4 aromatic rings. The molecule has 0 saturated carbocycles. The summed E-state index contributed by atoms with van der Waals surface area (Å²) in [6, 6.07) is 32.9. The first-order valence-electron chi connectivity index (χ1n) is 13.6. The highest BCUT2D eigenvalue weighted by Crippen LogP contribution is 2.44. The number of carbonyl (C=O) groups is 2. The van der Waals surface area contributed by atoms with E-state index in [4.69, 9.17) is 9.47 Å². The van der Waals surface area contributed by atoms with E-state index < -0.39 is 0 Å². The molecule has 1 saturated heterocycles. The number of ether oxygens (including phenoxy) is 2. The van der Waals surface area contributed by atoms with Gasteiger partial charge in [0.1, 0.15) is 18.6 Å². The summed E-state index contributed by atoms with van der Waals surface area (Å²) < 4.78 is 11.1. The quantitative estimate of drug-likeness (QED) is 0.248. The Balaban J connectivity index is 1.14. The highest BCUT2D eigenvalue weighted by molar-refractivity contribution is 5.79. The van der Waals surface area contributed by atoms with E-state index >= 15 is 0 Å². The van der Waals surface area contributed by atoms with Gasteiger partial charge in [-0.15, -0.1) is 0 Å². The summed E-state index contributed by atoms with van der Waals surface area (Å²) in [6.45, 7) is 1.08. The van der Waals surface area contributed by atoms with Gasteiger partial charge in [-0.1, -0.05) is 91.0 Å². The molecule has 2 aliphatic rings. The average Bonchev–Trinajstić information content (AvgIpc) is 3.33. The second-order valence-corrected chi connectivity index (χ2v) is 10.4. The van der Waals surface area contributed by atoms with Gasteiger partial charge in [0.05, 0.1) is 7.11 Å². The first kappa shape index (κ1) is 25.6. The Morgan fingerprint density at radius 2 is 1.45 bits per heavy atom. The third-order valence-electron chi connectivity index (χ3n) is 7.86. The number of amides is 1. The van der Waals surface area contributed by atoms with Crippen molar-refractivity contribution in [3.8, 4) is 28.0 Å². The van der Waals surface area contributed by atoms with Gasteiger partial charge < -0.3 is 19.2 Å². The van der Waals surface area contributed by atoms with E-state index in [0.717, 1.165) is 34.3 Å². The number of carbonyl (C=O) groups excluding carboxylic acids is 2. The SMILES string of the molecule is COc1ccc(-c2ccc(C=C3CC(C=O)CN(C(=O)OCC4c5ccccc5-c5ccccc54)C3)cc2)cc1. The lowest BCUT2D eigenvalue weighted by Crippen LogP contribution is -2.42. The largest absolute Gasteiger partial charge is 0.497 e. The van der Waals surface area contributed by atoms with Gasteiger partial charge in [0.25, 0.3) is 0 Å². The monoisotopic (exact) mass is 529 g/mol. The van der Waals surface area contributed by atoms with Crippen LogP contribution in [0.15, 0.2) is 103 Å². The lowest BCUT2D eigenvalue weighted by Gasteiger charge is -2.32. The molecule has 0 spiro atoms. The van der Waals surface area contributed by atoms with Crippen molar-refractivity contribution in [1.82, 2.24) is 4.90 Å². The Kier molecular flexibility index (Phi) is 7.19. The smallest absolute Gasteiger partial charge is 0.410 e. The van der Waals surface area contributed by atoms with E-state index in [9.17, 15) is 9.59 Å². The minimum absolute atomic E-state index is 0.00207. The van der Waals surface area contributed by atoms with Gasteiger partial charge in [0.15, 0.2) is 0 Å². The predicted octanol–water partition coefficient (Wildman–Crippen LogP) is 7.22. The molecule has 1 aliphatic carbocycles. The summed E-state index contributed by atoms with van der Waals surface area (Å²) in [7, 11) is 1.66. The van der Waals surface area contributed by atoms with Crippen LogP contribution in [0.2, 0.25) is 0 Å². The van der Waals surface area contributed by atoms with Gasteiger partial charge in [-0.3, -0.25) is 0 Å². The summed E-state index contributed by atoms with van der Waals surface area (Å²) in [5.41, 5.74) is 9.04. The van der Waals surface area contributed by atoms with E-state index in [1.54, 1.807) is 12.0 Å². The number of nitrogens with zero attached hydrogens (tertiary/aromatic N) is 1. The molecule has 1 fully saturated rings. The second-order valence-electron chi connectivity index (χ2n) is 10.4. The summed E-state index contributed by atoms with van der Waals surface area (Å²) in [6.07, 6.45) is 3.28. The zero-order chi connectivity index (χ0) is 27.5. The number of likely N-dealkylation sites (tertiary alicyclic amines) is 1. The zero-order valence-electron chi connectivity index (χ0n) is 22.5. The summed E-state index contributed by atoms with van der Waals surface area (Å²) in [5.74, 6) is 0.578. The molecule has 0 bridgehead atoms. The number of benzene rings is 4. The Labute approximate surface area is 234 Å². The van der Waals surface area contributed by atoms with E-state index in [-0.39, 0.29) is 24.5 Å². The molecule has 0 N–H and O–H groups in total. The molecule has 1 aliphatic heterocycles. The number of aldehydes is 1. The van der Waals surface area contributed by atoms with Crippen LogP contribution < -0.4 is 4.74 Å². The first-order valence-corrected chi connectivity index (χ1v) is 13.6. The lowest BCUT2D eigenvalue weighted by atomic mass is 9.93. The Bertz CT molecular complexity index is 1510. The molecule has 1 unspecified atom stereocenters. The highest BCUT2D eigenvalue weighted by atomic mass is 16.6. The third-order valence-corrected chi connectivity index (χ3v) is 7.86. The maximum absolute atomic E-state index is 13.2. The van der Waals surface area contributed by atoms with Crippen LogP contribution in [0.1, 0.15) is 29.0 Å². The molecule has 5 heteroatoms. The molecular weight excluding hydrogens is 498 g/mol. The second kappa shape index (κ2) is 11.2. The number of fused-ring (bicyclic) bond motifs is 3.